The van der Waals surface area contributed by atoms with Crippen LogP contribution in [0.3, 0.4) is 0 Å². The molecule has 6 atom stereocenters. The molecule has 43 heavy (non-hydrogen) atoms. The molecular formula is C33H46F6O4. The molecule has 0 bridgehead atoms. The van der Waals surface area contributed by atoms with Gasteiger partial charge in [0.25, 0.3) is 0 Å². The topological polar surface area (TPSA) is 80.9 Å². The fourth-order valence-electron chi connectivity index (χ4n) is 7.84. The SMILES string of the molecule is C=C1/C(=C\C=C2/CCC[C@@]3(C)C2CC[C@@H]3[C@](C)(CC#CC(O)(C(F)(F)F)C(F)(F)F)CCCC(C)(C)O)CC(O)C[C@@H]1O. The highest BCUT2D eigenvalue weighted by Gasteiger charge is 2.70. The lowest BCUT2D eigenvalue weighted by molar-refractivity contribution is -0.343. The number of hydrogen-bond donors (Lipinski definition) is 4. The van der Waals surface area contributed by atoms with Gasteiger partial charge in [-0.05, 0) is 105 Å². The highest BCUT2D eigenvalue weighted by atomic mass is 19.4. The molecule has 0 aliphatic heterocycles. The average molecular weight is 621 g/mol. The maximum atomic E-state index is 13.3. The molecule has 0 aromatic heterocycles. The third-order valence-electron chi connectivity index (χ3n) is 10.2. The lowest BCUT2D eigenvalue weighted by Gasteiger charge is -2.49. The molecule has 10 heteroatoms. The zero-order valence-electron chi connectivity index (χ0n) is 25.5. The highest BCUT2D eigenvalue weighted by Crippen LogP contribution is 2.63. The summed E-state index contributed by atoms with van der Waals surface area (Å²) in [6.07, 6.45) is -3.77. The minimum absolute atomic E-state index is 0.0735. The zero-order valence-corrected chi connectivity index (χ0v) is 25.5. The Labute approximate surface area is 251 Å². The van der Waals surface area contributed by atoms with Gasteiger partial charge < -0.3 is 20.4 Å². The molecule has 0 saturated heterocycles. The Balaban J connectivity index is 1.95. The van der Waals surface area contributed by atoms with E-state index in [4.69, 9.17) is 0 Å². The van der Waals surface area contributed by atoms with Crippen LogP contribution in [0, 0.1) is 34.5 Å². The molecule has 0 aromatic carbocycles. The summed E-state index contributed by atoms with van der Waals surface area (Å²) in [5, 5.41) is 40.2. The van der Waals surface area contributed by atoms with Crippen molar-refractivity contribution >= 4 is 0 Å². The van der Waals surface area contributed by atoms with Crippen molar-refractivity contribution in [2.45, 2.75) is 134 Å². The van der Waals surface area contributed by atoms with Gasteiger partial charge in [0.15, 0.2) is 0 Å². The first-order chi connectivity index (χ1) is 19.5. The van der Waals surface area contributed by atoms with E-state index in [0.29, 0.717) is 37.7 Å². The summed E-state index contributed by atoms with van der Waals surface area (Å²) in [5.41, 5.74) is -4.60. The van der Waals surface area contributed by atoms with Crippen molar-refractivity contribution in [2.75, 3.05) is 0 Å². The van der Waals surface area contributed by atoms with Gasteiger partial charge >= 0.3 is 18.0 Å². The van der Waals surface area contributed by atoms with Crippen molar-refractivity contribution in [3.8, 4) is 11.8 Å². The van der Waals surface area contributed by atoms with Gasteiger partial charge in [0.1, 0.15) is 0 Å². The summed E-state index contributed by atoms with van der Waals surface area (Å²) < 4.78 is 79.9. The summed E-state index contributed by atoms with van der Waals surface area (Å²) >= 11 is 0. The summed E-state index contributed by atoms with van der Waals surface area (Å²) in [6, 6.07) is 0. The molecular weight excluding hydrogens is 574 g/mol. The molecule has 0 heterocycles. The third kappa shape index (κ3) is 7.71. The molecule has 4 N–H and O–H groups in total. The lowest BCUT2D eigenvalue weighted by Crippen LogP contribution is -2.55. The monoisotopic (exact) mass is 620 g/mol. The largest absolute Gasteiger partial charge is 0.438 e. The van der Waals surface area contributed by atoms with Crippen LogP contribution in [-0.4, -0.2) is 56.2 Å². The van der Waals surface area contributed by atoms with E-state index in [1.165, 1.54) is 5.57 Å². The van der Waals surface area contributed by atoms with Crippen molar-refractivity contribution in [3.63, 3.8) is 0 Å². The fourth-order valence-corrected chi connectivity index (χ4v) is 7.84. The molecule has 3 saturated carbocycles. The van der Waals surface area contributed by atoms with Crippen LogP contribution in [0.1, 0.15) is 98.3 Å². The smallest absolute Gasteiger partial charge is 0.393 e. The number of allylic oxidation sites excluding steroid dienone is 3. The maximum Gasteiger partial charge on any atom is 0.438 e. The minimum Gasteiger partial charge on any atom is -0.393 e. The van der Waals surface area contributed by atoms with E-state index >= 15 is 0 Å². The molecule has 244 valence electrons. The van der Waals surface area contributed by atoms with Crippen molar-refractivity contribution in [1.29, 1.82) is 0 Å². The maximum absolute atomic E-state index is 13.3. The second-order valence-corrected chi connectivity index (χ2v) is 14.1. The Hall–Kier alpha value is -1.80. The summed E-state index contributed by atoms with van der Waals surface area (Å²) in [7, 11) is 0. The van der Waals surface area contributed by atoms with Gasteiger partial charge in [0.2, 0.25) is 0 Å². The molecule has 0 spiro atoms. The fraction of sp³-hybridized carbons (Fsp3) is 0.758. The normalized spacial score (nSPS) is 32.4. The van der Waals surface area contributed by atoms with Crippen LogP contribution in [0.15, 0.2) is 35.5 Å². The molecule has 3 rings (SSSR count). The molecule has 3 aliphatic rings. The zero-order chi connectivity index (χ0) is 32.6. The summed E-state index contributed by atoms with van der Waals surface area (Å²) in [5.74, 6) is 3.35. The van der Waals surface area contributed by atoms with Gasteiger partial charge in [0, 0.05) is 12.8 Å². The van der Waals surface area contributed by atoms with Gasteiger partial charge in [0.05, 0.1) is 17.8 Å². The highest BCUT2D eigenvalue weighted by molar-refractivity contribution is 5.39. The van der Waals surface area contributed by atoms with Gasteiger partial charge in [-0.1, -0.05) is 50.5 Å². The predicted octanol–water partition coefficient (Wildman–Crippen LogP) is 7.32. The van der Waals surface area contributed by atoms with Crippen LogP contribution >= 0.6 is 0 Å². The quantitative estimate of drug-likeness (QED) is 0.178. The molecule has 4 nitrogen and oxygen atoms in total. The van der Waals surface area contributed by atoms with Gasteiger partial charge in [-0.15, -0.1) is 0 Å². The minimum atomic E-state index is -6.01. The Morgan fingerprint density at radius 2 is 1.60 bits per heavy atom. The van der Waals surface area contributed by atoms with Gasteiger partial charge in [-0.2, -0.15) is 26.3 Å². The Morgan fingerprint density at radius 3 is 2.19 bits per heavy atom. The number of aliphatic hydroxyl groups excluding tert-OH is 2. The molecule has 3 fully saturated rings. The van der Waals surface area contributed by atoms with E-state index in [1.54, 1.807) is 13.8 Å². The summed E-state index contributed by atoms with van der Waals surface area (Å²) in [4.78, 5) is 0. The average Bonchev–Trinajstić information content (AvgIpc) is 3.21. The molecule has 3 aliphatic carbocycles. The molecule has 0 amide bonds. The van der Waals surface area contributed by atoms with Crippen LogP contribution in [-0.2, 0) is 0 Å². The molecule has 2 unspecified atom stereocenters. The van der Waals surface area contributed by atoms with Crippen molar-refractivity contribution in [1.82, 2.24) is 0 Å². The van der Waals surface area contributed by atoms with Crippen molar-refractivity contribution < 1.29 is 46.8 Å². The lowest BCUT2D eigenvalue weighted by atomic mass is 9.55. The Morgan fingerprint density at radius 1 is 0.977 bits per heavy atom. The number of rotatable bonds is 7. The van der Waals surface area contributed by atoms with E-state index in [2.05, 4.69) is 19.4 Å². The van der Waals surface area contributed by atoms with E-state index in [-0.39, 0.29) is 30.1 Å². The third-order valence-corrected chi connectivity index (χ3v) is 10.2. The van der Waals surface area contributed by atoms with Crippen LogP contribution in [0.2, 0.25) is 0 Å². The van der Waals surface area contributed by atoms with Crippen LogP contribution in [0.25, 0.3) is 0 Å². The van der Waals surface area contributed by atoms with Crippen LogP contribution in [0.4, 0.5) is 26.3 Å². The number of alkyl halides is 6. The van der Waals surface area contributed by atoms with Gasteiger partial charge in [-0.3, -0.25) is 0 Å². The van der Waals surface area contributed by atoms with Gasteiger partial charge in [-0.25, -0.2) is 0 Å². The number of halogens is 6. The van der Waals surface area contributed by atoms with E-state index in [1.807, 2.05) is 19.1 Å². The number of hydrogen-bond acceptors (Lipinski definition) is 4. The van der Waals surface area contributed by atoms with Crippen LogP contribution < -0.4 is 0 Å². The van der Waals surface area contributed by atoms with Crippen LogP contribution in [0.5, 0.6) is 0 Å². The van der Waals surface area contributed by atoms with E-state index < -0.39 is 41.2 Å². The number of aliphatic hydroxyl groups is 4. The van der Waals surface area contributed by atoms with Crippen molar-refractivity contribution in [3.05, 3.63) is 35.5 Å². The molecule has 0 aromatic rings. The second-order valence-electron chi connectivity index (χ2n) is 14.1. The first-order valence-corrected chi connectivity index (χ1v) is 15.1. The first kappa shape index (κ1) is 35.7. The second kappa shape index (κ2) is 12.5. The van der Waals surface area contributed by atoms with E-state index in [0.717, 1.165) is 37.2 Å². The number of fused-ring (bicyclic) bond motifs is 1. The first-order valence-electron chi connectivity index (χ1n) is 15.1. The Kier molecular flexibility index (Phi) is 10.4. The van der Waals surface area contributed by atoms with Crippen molar-refractivity contribution in [2.24, 2.45) is 22.7 Å². The standard InChI is InChI=1S/C33H46F6O4/c1-21-23(19-24(40)20-26(21)41)11-10-22-9-6-17-30(5)25(22)12-13-27(30)29(4,15-7-14-28(2,3)42)16-8-18-31(43,32(34,35)36)33(37,38)39/h10-11,24-27,40-43H,1,6-7,9,12-17,19-20H2,2-5H3/b22-10+,23-11-/t24?,25?,26-,27+,29-,30-/m0/s1. The molecule has 0 radical (unpaired) electrons. The Bertz CT molecular complexity index is 1140. The van der Waals surface area contributed by atoms with E-state index in [9.17, 15) is 46.8 Å². The predicted molar refractivity (Wildman–Crippen MR) is 152 cm³/mol. The summed E-state index contributed by atoms with van der Waals surface area (Å²) in [6.45, 7) is 11.3.